The number of aliphatic hydroxyl groups is 1. The Morgan fingerprint density at radius 2 is 2.07 bits per heavy atom. The first-order valence-corrected chi connectivity index (χ1v) is 10.9. The van der Waals surface area contributed by atoms with Crippen LogP contribution in [0.1, 0.15) is 44.1 Å². The minimum absolute atomic E-state index is 0.134. The first kappa shape index (κ1) is 21.9. The Labute approximate surface area is 164 Å². The van der Waals surface area contributed by atoms with Crippen LogP contribution in [0.3, 0.4) is 0 Å². The van der Waals surface area contributed by atoms with Gasteiger partial charge >= 0.3 is 0 Å². The molecule has 1 aromatic rings. The predicted molar refractivity (Wildman–Crippen MR) is 107 cm³/mol. The number of nitrogens with zero attached hydrogens (tertiary/aromatic N) is 1. The Balaban J connectivity index is 1.77. The van der Waals surface area contributed by atoms with E-state index in [1.54, 1.807) is 6.07 Å². The van der Waals surface area contributed by atoms with E-state index in [2.05, 4.69) is 6.08 Å². The third-order valence-corrected chi connectivity index (χ3v) is 5.78. The molecule has 27 heavy (non-hydrogen) atoms. The number of amides is 1. The Morgan fingerprint density at radius 1 is 1.22 bits per heavy atom. The number of hydrogen-bond acceptors (Lipinski definition) is 3. The monoisotopic (exact) mass is 397 g/mol. The highest BCUT2D eigenvalue weighted by Crippen LogP contribution is 2.20. The van der Waals surface area contributed by atoms with Crippen LogP contribution in [0.2, 0.25) is 0 Å². The van der Waals surface area contributed by atoms with Crippen molar-refractivity contribution in [2.45, 2.75) is 51.0 Å². The van der Waals surface area contributed by atoms with Gasteiger partial charge < -0.3 is 10.0 Å². The molecular formula is C21H29F2NO2S. The number of carbonyl (C=O) groups is 1. The fraction of sp³-hybridized carbons (Fsp3) is 0.571. The van der Waals surface area contributed by atoms with Gasteiger partial charge in [-0.15, -0.1) is 0 Å². The van der Waals surface area contributed by atoms with Crippen molar-refractivity contribution in [1.82, 2.24) is 4.90 Å². The van der Waals surface area contributed by atoms with Gasteiger partial charge in [0.1, 0.15) is 0 Å². The lowest BCUT2D eigenvalue weighted by Crippen LogP contribution is -2.43. The maximum absolute atomic E-state index is 13.2. The molecule has 0 spiro atoms. The van der Waals surface area contributed by atoms with E-state index in [1.165, 1.54) is 6.07 Å². The Hall–Kier alpha value is -1.40. The molecular weight excluding hydrogens is 368 g/mol. The number of halogens is 2. The summed E-state index contributed by atoms with van der Waals surface area (Å²) in [6, 6.07) is 4.15. The highest BCUT2D eigenvalue weighted by molar-refractivity contribution is 7.99. The van der Waals surface area contributed by atoms with Crippen LogP contribution >= 0.6 is 11.8 Å². The summed E-state index contributed by atoms with van der Waals surface area (Å²) in [6.45, 7) is 0.989. The maximum Gasteiger partial charge on any atom is 0.223 e. The summed E-state index contributed by atoms with van der Waals surface area (Å²) in [6.07, 6.45) is 9.86. The molecule has 6 heteroatoms. The fourth-order valence-electron chi connectivity index (χ4n) is 3.22. The van der Waals surface area contributed by atoms with Gasteiger partial charge in [0.15, 0.2) is 11.6 Å². The van der Waals surface area contributed by atoms with E-state index in [0.717, 1.165) is 61.8 Å². The number of rotatable bonds is 11. The van der Waals surface area contributed by atoms with Gasteiger partial charge in [-0.3, -0.25) is 4.79 Å². The molecule has 1 saturated heterocycles. The molecule has 1 amide bonds. The van der Waals surface area contributed by atoms with Crippen LogP contribution in [0.25, 0.3) is 0 Å². The van der Waals surface area contributed by atoms with Crippen LogP contribution in [0.5, 0.6) is 0 Å². The maximum atomic E-state index is 13.2. The average molecular weight is 398 g/mol. The number of hydrogen-bond donors (Lipinski definition) is 1. The van der Waals surface area contributed by atoms with E-state index < -0.39 is 11.6 Å². The van der Waals surface area contributed by atoms with Gasteiger partial charge in [-0.2, -0.15) is 11.8 Å². The smallest absolute Gasteiger partial charge is 0.223 e. The number of allylic oxidation sites excluding steroid dienone is 1. The van der Waals surface area contributed by atoms with E-state index in [0.29, 0.717) is 12.8 Å². The zero-order chi connectivity index (χ0) is 19.5. The molecule has 0 aromatic heterocycles. The lowest BCUT2D eigenvalue weighted by atomic mass is 10.0. The summed E-state index contributed by atoms with van der Waals surface area (Å²) in [5, 5.41) is 8.79. The number of aliphatic hydroxyl groups excluding tert-OH is 1. The molecule has 2 rings (SSSR count). The minimum Gasteiger partial charge on any atom is -0.396 e. The van der Waals surface area contributed by atoms with Crippen molar-refractivity contribution in [1.29, 1.82) is 0 Å². The molecule has 3 nitrogen and oxygen atoms in total. The van der Waals surface area contributed by atoms with Gasteiger partial charge in [-0.25, -0.2) is 8.78 Å². The zero-order valence-electron chi connectivity index (χ0n) is 15.7. The van der Waals surface area contributed by atoms with Crippen LogP contribution in [0, 0.1) is 11.6 Å². The molecule has 1 aliphatic heterocycles. The summed E-state index contributed by atoms with van der Waals surface area (Å²) < 4.78 is 26.2. The molecule has 0 bridgehead atoms. The lowest BCUT2D eigenvalue weighted by molar-refractivity contribution is -0.134. The third kappa shape index (κ3) is 7.62. The molecule has 150 valence electrons. The van der Waals surface area contributed by atoms with Gasteiger partial charge in [-0.05, 0) is 62.0 Å². The summed E-state index contributed by atoms with van der Waals surface area (Å²) in [4.78, 5) is 14.2. The molecule has 0 radical (unpaired) electrons. The molecule has 0 aliphatic carbocycles. The van der Waals surface area contributed by atoms with Crippen molar-refractivity contribution < 1.29 is 18.7 Å². The van der Waals surface area contributed by atoms with Gasteiger partial charge in [0.25, 0.3) is 0 Å². The van der Waals surface area contributed by atoms with Crippen LogP contribution in [-0.2, 0) is 11.2 Å². The normalized spacial score (nSPS) is 17.8. The van der Waals surface area contributed by atoms with Crippen molar-refractivity contribution in [2.24, 2.45) is 0 Å². The second-order valence-corrected chi connectivity index (χ2v) is 8.03. The highest BCUT2D eigenvalue weighted by Gasteiger charge is 2.25. The first-order valence-electron chi connectivity index (χ1n) is 9.70. The van der Waals surface area contributed by atoms with Gasteiger partial charge in [0.2, 0.25) is 5.91 Å². The molecule has 1 N–H and O–H groups in total. The zero-order valence-corrected chi connectivity index (χ0v) is 16.5. The van der Waals surface area contributed by atoms with Crippen LogP contribution in [0.4, 0.5) is 8.78 Å². The van der Waals surface area contributed by atoms with Crippen LogP contribution in [0.15, 0.2) is 30.4 Å². The lowest BCUT2D eigenvalue weighted by Gasteiger charge is -2.34. The molecule has 1 fully saturated rings. The van der Waals surface area contributed by atoms with E-state index in [1.807, 2.05) is 22.7 Å². The van der Waals surface area contributed by atoms with E-state index in [-0.39, 0.29) is 18.6 Å². The minimum atomic E-state index is -0.820. The molecule has 1 aromatic carbocycles. The van der Waals surface area contributed by atoms with Crippen molar-refractivity contribution in [3.05, 3.63) is 47.5 Å². The van der Waals surface area contributed by atoms with Gasteiger partial charge in [0.05, 0.1) is 0 Å². The van der Waals surface area contributed by atoms with Crippen LogP contribution in [-0.4, -0.2) is 46.6 Å². The Bertz CT molecular complexity index is 624. The quantitative estimate of drug-likeness (QED) is 0.446. The van der Waals surface area contributed by atoms with Crippen molar-refractivity contribution in [2.75, 3.05) is 24.7 Å². The Morgan fingerprint density at radius 3 is 2.85 bits per heavy atom. The topological polar surface area (TPSA) is 40.5 Å². The average Bonchev–Trinajstić information content (AvgIpc) is 2.66. The SMILES string of the molecule is O=C1CCCC(/C=C/CCc2ccc(F)c(F)c2)N1CCSCCCCO. The molecule has 1 aliphatic rings. The largest absolute Gasteiger partial charge is 0.396 e. The van der Waals surface area contributed by atoms with Crippen LogP contribution < -0.4 is 0 Å². The summed E-state index contributed by atoms with van der Waals surface area (Å²) in [5.41, 5.74) is 0.773. The number of piperidine rings is 1. The summed E-state index contributed by atoms with van der Waals surface area (Å²) in [5.74, 6) is 0.512. The highest BCUT2D eigenvalue weighted by atomic mass is 32.2. The second kappa shape index (κ2) is 12.1. The molecule has 1 heterocycles. The fourth-order valence-corrected chi connectivity index (χ4v) is 4.15. The predicted octanol–water partition coefficient (Wildman–Crippen LogP) is 4.34. The summed E-state index contributed by atoms with van der Waals surface area (Å²) >= 11 is 1.82. The van der Waals surface area contributed by atoms with Gasteiger partial charge in [-0.1, -0.05) is 18.2 Å². The van der Waals surface area contributed by atoms with Crippen molar-refractivity contribution >= 4 is 17.7 Å². The first-order chi connectivity index (χ1) is 13.1. The number of likely N-dealkylation sites (tertiary alicyclic amines) is 1. The third-order valence-electron chi connectivity index (χ3n) is 4.73. The van der Waals surface area contributed by atoms with E-state index >= 15 is 0 Å². The van der Waals surface area contributed by atoms with E-state index in [4.69, 9.17) is 5.11 Å². The van der Waals surface area contributed by atoms with E-state index in [9.17, 15) is 13.6 Å². The standard InChI is InChI=1S/C21H29F2NO2S/c22-19-11-10-17(16-20(19)23)6-1-2-7-18-8-5-9-21(26)24(18)12-15-27-14-4-3-13-25/h2,7,10-11,16,18,25H,1,3-6,8-9,12-15H2/b7-2+. The molecule has 1 atom stereocenters. The van der Waals surface area contributed by atoms with Gasteiger partial charge in [0, 0.05) is 31.4 Å². The molecule has 0 saturated carbocycles. The summed E-state index contributed by atoms with van der Waals surface area (Å²) in [7, 11) is 0. The van der Waals surface area contributed by atoms with Crippen molar-refractivity contribution in [3.63, 3.8) is 0 Å². The molecule has 1 unspecified atom stereocenters. The number of benzene rings is 1. The van der Waals surface area contributed by atoms with Crippen molar-refractivity contribution in [3.8, 4) is 0 Å². The number of unbranched alkanes of at least 4 members (excludes halogenated alkanes) is 1. The number of thioether (sulfide) groups is 1. The number of aryl methyl sites for hydroxylation is 1. The number of carbonyl (C=O) groups excluding carboxylic acids is 1. The second-order valence-electron chi connectivity index (χ2n) is 6.81. The Kier molecular flexibility index (Phi) is 9.84.